The summed E-state index contributed by atoms with van der Waals surface area (Å²) in [6.45, 7) is 4.55. The SMILES string of the molecule is CN[C@H]1C[C@H](n2ccc3cc(F)c(N4CCN(c5ccc(C(C)=O)cc5)CC4)nc32)C1. The molecule has 1 N–H and O–H groups in total. The Kier molecular flexibility index (Phi) is 5.14. The monoisotopic (exact) mass is 421 g/mol. The van der Waals surface area contributed by atoms with Gasteiger partial charge >= 0.3 is 0 Å². The van der Waals surface area contributed by atoms with Crippen LogP contribution in [0.2, 0.25) is 0 Å². The van der Waals surface area contributed by atoms with Crippen molar-refractivity contribution in [1.29, 1.82) is 0 Å². The number of ketones is 1. The summed E-state index contributed by atoms with van der Waals surface area (Å²) in [5, 5.41) is 4.18. The second-order valence-electron chi connectivity index (χ2n) is 8.62. The fraction of sp³-hybridized carbons (Fsp3) is 0.417. The fourth-order valence-electron chi connectivity index (χ4n) is 4.70. The Morgan fingerprint density at radius 3 is 2.39 bits per heavy atom. The Labute approximate surface area is 181 Å². The van der Waals surface area contributed by atoms with Gasteiger partial charge in [0.15, 0.2) is 17.4 Å². The summed E-state index contributed by atoms with van der Waals surface area (Å²) in [5.41, 5.74) is 2.68. The number of nitrogens with one attached hydrogen (secondary N) is 1. The third kappa shape index (κ3) is 3.67. The first-order valence-corrected chi connectivity index (χ1v) is 11.0. The van der Waals surface area contributed by atoms with Gasteiger partial charge < -0.3 is 19.7 Å². The molecule has 0 atom stereocenters. The minimum Gasteiger partial charge on any atom is -0.368 e. The molecule has 0 radical (unpaired) electrons. The van der Waals surface area contributed by atoms with Gasteiger partial charge in [-0.05, 0) is 63.2 Å². The van der Waals surface area contributed by atoms with Gasteiger partial charge in [-0.1, -0.05) is 0 Å². The Morgan fingerprint density at radius 2 is 1.74 bits per heavy atom. The van der Waals surface area contributed by atoms with Gasteiger partial charge in [0.2, 0.25) is 0 Å². The first kappa shape index (κ1) is 20.0. The first-order chi connectivity index (χ1) is 15.0. The number of nitrogens with zero attached hydrogens (tertiary/aromatic N) is 4. The predicted molar refractivity (Wildman–Crippen MR) is 122 cm³/mol. The topological polar surface area (TPSA) is 53.4 Å². The van der Waals surface area contributed by atoms with Crippen molar-refractivity contribution < 1.29 is 9.18 Å². The quantitative estimate of drug-likeness (QED) is 0.638. The number of benzene rings is 1. The van der Waals surface area contributed by atoms with E-state index in [9.17, 15) is 9.18 Å². The predicted octanol–water partition coefficient (Wildman–Crippen LogP) is 3.63. The van der Waals surface area contributed by atoms with Crippen molar-refractivity contribution in [1.82, 2.24) is 14.9 Å². The molecule has 162 valence electrons. The molecule has 0 unspecified atom stereocenters. The Hall–Kier alpha value is -2.93. The molecule has 2 fully saturated rings. The van der Waals surface area contributed by atoms with Gasteiger partial charge in [0.25, 0.3) is 0 Å². The van der Waals surface area contributed by atoms with Crippen molar-refractivity contribution in [2.45, 2.75) is 31.8 Å². The van der Waals surface area contributed by atoms with Gasteiger partial charge in [0, 0.05) is 61.1 Å². The van der Waals surface area contributed by atoms with E-state index < -0.39 is 0 Å². The molecule has 3 heterocycles. The highest BCUT2D eigenvalue weighted by Gasteiger charge is 2.30. The maximum atomic E-state index is 14.9. The van der Waals surface area contributed by atoms with E-state index in [0.717, 1.165) is 48.2 Å². The Balaban J connectivity index is 1.32. The van der Waals surface area contributed by atoms with Crippen LogP contribution in [0, 0.1) is 5.82 Å². The first-order valence-electron chi connectivity index (χ1n) is 11.0. The average molecular weight is 422 g/mol. The molecule has 1 saturated heterocycles. The van der Waals surface area contributed by atoms with E-state index in [1.807, 2.05) is 48.5 Å². The lowest BCUT2D eigenvalue weighted by Crippen LogP contribution is -2.47. The molecule has 6 nitrogen and oxygen atoms in total. The van der Waals surface area contributed by atoms with Crippen LogP contribution in [0.15, 0.2) is 42.6 Å². The van der Waals surface area contributed by atoms with E-state index in [4.69, 9.17) is 4.98 Å². The third-order valence-corrected chi connectivity index (χ3v) is 6.76. The van der Waals surface area contributed by atoms with E-state index in [2.05, 4.69) is 14.8 Å². The van der Waals surface area contributed by atoms with Gasteiger partial charge in [-0.25, -0.2) is 9.37 Å². The lowest BCUT2D eigenvalue weighted by molar-refractivity contribution is 0.101. The highest BCUT2D eigenvalue weighted by molar-refractivity contribution is 5.94. The molecule has 1 aromatic carbocycles. The lowest BCUT2D eigenvalue weighted by Gasteiger charge is -2.37. The summed E-state index contributed by atoms with van der Waals surface area (Å²) in [6, 6.07) is 12.3. The minimum atomic E-state index is -0.258. The number of hydrogen-bond donors (Lipinski definition) is 1. The fourth-order valence-corrected chi connectivity index (χ4v) is 4.70. The molecule has 3 aromatic rings. The number of rotatable bonds is 5. The second kappa shape index (κ2) is 7.96. The molecular weight excluding hydrogens is 393 g/mol. The van der Waals surface area contributed by atoms with Crippen molar-refractivity contribution in [3.63, 3.8) is 0 Å². The number of carbonyl (C=O) groups is 1. The maximum Gasteiger partial charge on any atom is 0.167 e. The smallest absolute Gasteiger partial charge is 0.167 e. The summed E-state index contributed by atoms with van der Waals surface area (Å²) >= 11 is 0. The van der Waals surface area contributed by atoms with Gasteiger partial charge in [0.05, 0.1) is 0 Å². The molecule has 1 aliphatic carbocycles. The van der Waals surface area contributed by atoms with E-state index in [1.165, 1.54) is 0 Å². The number of piperazine rings is 1. The average Bonchev–Trinajstić information content (AvgIpc) is 3.15. The van der Waals surface area contributed by atoms with Crippen LogP contribution >= 0.6 is 0 Å². The normalized spacial score (nSPS) is 21.4. The molecule has 0 amide bonds. The highest BCUT2D eigenvalue weighted by atomic mass is 19.1. The van der Waals surface area contributed by atoms with Crippen molar-refractivity contribution in [3.8, 4) is 0 Å². The van der Waals surface area contributed by atoms with Gasteiger partial charge in [-0.2, -0.15) is 0 Å². The van der Waals surface area contributed by atoms with Crippen LogP contribution < -0.4 is 15.1 Å². The zero-order valence-electron chi connectivity index (χ0n) is 18.0. The molecule has 31 heavy (non-hydrogen) atoms. The number of carbonyl (C=O) groups excluding carboxylic acids is 1. The summed E-state index contributed by atoms with van der Waals surface area (Å²) < 4.78 is 17.1. The molecule has 1 aliphatic heterocycles. The maximum absolute atomic E-state index is 14.9. The zero-order chi connectivity index (χ0) is 21.5. The van der Waals surface area contributed by atoms with Crippen molar-refractivity contribution >= 4 is 28.3 Å². The second-order valence-corrected chi connectivity index (χ2v) is 8.62. The van der Waals surface area contributed by atoms with Crippen molar-refractivity contribution in [2.24, 2.45) is 0 Å². The van der Waals surface area contributed by atoms with Crippen molar-refractivity contribution in [2.75, 3.05) is 43.0 Å². The molecule has 2 aliphatic rings. The summed E-state index contributed by atoms with van der Waals surface area (Å²) in [4.78, 5) is 20.6. The lowest BCUT2D eigenvalue weighted by atomic mass is 9.87. The van der Waals surface area contributed by atoms with E-state index >= 15 is 0 Å². The van der Waals surface area contributed by atoms with E-state index in [0.29, 0.717) is 31.0 Å². The van der Waals surface area contributed by atoms with Crippen LogP contribution in [0.5, 0.6) is 0 Å². The summed E-state index contributed by atoms with van der Waals surface area (Å²) in [7, 11) is 2.00. The van der Waals surface area contributed by atoms with Crippen molar-refractivity contribution in [3.05, 3.63) is 54.0 Å². The molecule has 2 aromatic heterocycles. The van der Waals surface area contributed by atoms with Crippen LogP contribution in [0.25, 0.3) is 11.0 Å². The van der Waals surface area contributed by atoms with E-state index in [1.54, 1.807) is 13.0 Å². The molecule has 5 rings (SSSR count). The van der Waals surface area contributed by atoms with Crippen LogP contribution in [0.4, 0.5) is 15.9 Å². The minimum absolute atomic E-state index is 0.0708. The number of hydrogen-bond acceptors (Lipinski definition) is 5. The standard InChI is InChI=1S/C24H28FN5O/c1-16(31)17-3-5-20(6-4-17)28-9-11-29(12-10-28)24-22(25)13-18-7-8-30(23(18)27-24)21-14-19(15-21)26-2/h3-8,13,19,21,26H,9-12,14-15H2,1-2H3/t19-,21-. The Morgan fingerprint density at radius 1 is 1.06 bits per heavy atom. The summed E-state index contributed by atoms with van der Waals surface area (Å²) in [6.07, 6.45) is 4.20. The number of Topliss-reactive ketones (excluding diaryl/α,β-unsaturated/α-hetero) is 1. The molecule has 0 bridgehead atoms. The van der Waals surface area contributed by atoms with Gasteiger partial charge in [-0.3, -0.25) is 4.79 Å². The summed E-state index contributed by atoms with van der Waals surface area (Å²) in [5.74, 6) is 0.260. The molecular formula is C24H28FN5O. The third-order valence-electron chi connectivity index (χ3n) is 6.76. The Bertz CT molecular complexity index is 1100. The van der Waals surface area contributed by atoms with E-state index in [-0.39, 0.29) is 11.6 Å². The number of fused-ring (bicyclic) bond motifs is 1. The van der Waals surface area contributed by atoms with Gasteiger partial charge in [0.1, 0.15) is 5.65 Å². The molecule has 1 saturated carbocycles. The zero-order valence-corrected chi connectivity index (χ0v) is 18.0. The molecule has 7 heteroatoms. The van der Waals surface area contributed by atoms with Crippen LogP contribution in [0.1, 0.15) is 36.2 Å². The largest absolute Gasteiger partial charge is 0.368 e. The number of pyridine rings is 1. The number of halogens is 1. The van der Waals surface area contributed by atoms with Gasteiger partial charge in [-0.15, -0.1) is 0 Å². The number of anilines is 2. The highest BCUT2D eigenvalue weighted by Crippen LogP contribution is 2.35. The van der Waals surface area contributed by atoms with Crippen LogP contribution in [-0.2, 0) is 0 Å². The molecule has 0 spiro atoms. The van der Waals surface area contributed by atoms with Crippen LogP contribution in [-0.4, -0.2) is 54.6 Å². The van der Waals surface area contributed by atoms with Crippen LogP contribution in [0.3, 0.4) is 0 Å². The number of aromatic nitrogens is 2.